The summed E-state index contributed by atoms with van der Waals surface area (Å²) in [6.45, 7) is 8.16. The van der Waals surface area contributed by atoms with Crippen LogP contribution in [0.1, 0.15) is 38.2 Å². The van der Waals surface area contributed by atoms with Crippen molar-refractivity contribution in [3.63, 3.8) is 0 Å². The van der Waals surface area contributed by atoms with E-state index in [-0.39, 0.29) is 40.8 Å². The lowest BCUT2D eigenvalue weighted by molar-refractivity contribution is -0.114. The van der Waals surface area contributed by atoms with Crippen molar-refractivity contribution in [1.82, 2.24) is 20.0 Å². The van der Waals surface area contributed by atoms with Gasteiger partial charge in [0.1, 0.15) is 11.9 Å². The highest BCUT2D eigenvalue weighted by Crippen LogP contribution is 2.37. The monoisotopic (exact) mass is 814 g/mol. The Hall–Kier alpha value is -4.23. The molecule has 0 aliphatic rings. The number of carbonyl (C=O) groups excluding carboxylic acids is 2. The van der Waals surface area contributed by atoms with Crippen LogP contribution in [-0.2, 0) is 14.0 Å². The van der Waals surface area contributed by atoms with Gasteiger partial charge in [0, 0.05) is 26.2 Å². The molecule has 5 rings (SSSR count). The van der Waals surface area contributed by atoms with Crippen LogP contribution in [0.3, 0.4) is 0 Å². The lowest BCUT2D eigenvalue weighted by Crippen LogP contribution is -2.67. The van der Waals surface area contributed by atoms with E-state index in [0.717, 1.165) is 21.7 Å². The summed E-state index contributed by atoms with van der Waals surface area (Å²) >= 11 is 2.94. The van der Waals surface area contributed by atoms with Crippen molar-refractivity contribution in [2.45, 2.75) is 38.8 Å². The molecule has 1 unspecified atom stereocenters. The zero-order valence-corrected chi connectivity index (χ0v) is 31.4. The van der Waals surface area contributed by atoms with Gasteiger partial charge in [-0.1, -0.05) is 92.8 Å². The summed E-state index contributed by atoms with van der Waals surface area (Å²) in [5.74, 6) is -0.912. The van der Waals surface area contributed by atoms with Gasteiger partial charge >= 0.3 is 5.63 Å². The van der Waals surface area contributed by atoms with Crippen LogP contribution in [0.15, 0.2) is 88.2 Å². The molecule has 0 spiro atoms. The highest BCUT2D eigenvalue weighted by molar-refractivity contribution is 14.1. The van der Waals surface area contributed by atoms with Gasteiger partial charge in [-0.05, 0) is 38.0 Å². The molecule has 256 valence electrons. The van der Waals surface area contributed by atoms with Crippen molar-refractivity contribution in [3.8, 4) is 10.9 Å². The number of amides is 2. The van der Waals surface area contributed by atoms with E-state index in [0.29, 0.717) is 14.5 Å². The van der Waals surface area contributed by atoms with Gasteiger partial charge in [0.25, 0.3) is 14.2 Å². The lowest BCUT2D eigenvalue weighted by atomic mass is 10.2. The highest BCUT2D eigenvalue weighted by atomic mass is 127. The second kappa shape index (κ2) is 15.5. The maximum Gasteiger partial charge on any atom is 0.380 e. The second-order valence-electron chi connectivity index (χ2n) is 11.9. The van der Waals surface area contributed by atoms with Crippen molar-refractivity contribution in [2.24, 2.45) is 0 Å². The minimum Gasteiger partial charge on any atom is -0.478 e. The zero-order valence-electron chi connectivity index (χ0n) is 27.4. The van der Waals surface area contributed by atoms with Gasteiger partial charge in [0.2, 0.25) is 21.9 Å². The SMILES string of the molecule is COCC(CO[Si](c1ccccc1)(c1ccccc1)C(C)(C)C)Oc1c(I)cc(C(=O)Nc2nnc(-n3nccc3NC(C)=O)s2)oc1=O. The Labute approximate surface area is 301 Å². The number of hydrogen-bond acceptors (Lipinski definition) is 11. The first-order chi connectivity index (χ1) is 23.4. The number of halogens is 1. The Bertz CT molecular complexity index is 1920. The summed E-state index contributed by atoms with van der Waals surface area (Å²) in [5.41, 5.74) is -0.835. The number of hydrogen-bond donors (Lipinski definition) is 2. The molecule has 2 amide bonds. The molecular formula is C33H35IN6O7SSi. The van der Waals surface area contributed by atoms with Gasteiger partial charge < -0.3 is 23.6 Å². The third-order valence-electron chi connectivity index (χ3n) is 7.39. The van der Waals surface area contributed by atoms with E-state index >= 15 is 0 Å². The topological polar surface area (TPSA) is 160 Å². The molecule has 0 saturated heterocycles. The molecule has 0 fully saturated rings. The van der Waals surface area contributed by atoms with Crippen LogP contribution in [0.25, 0.3) is 5.13 Å². The third kappa shape index (κ3) is 8.15. The highest BCUT2D eigenvalue weighted by Gasteiger charge is 2.50. The molecule has 49 heavy (non-hydrogen) atoms. The second-order valence-corrected chi connectivity index (χ2v) is 18.3. The third-order valence-corrected chi connectivity index (χ3v) is 14.0. The number of aromatic nitrogens is 4. The quantitative estimate of drug-likeness (QED) is 0.128. The number of carbonyl (C=O) groups is 2. The maximum absolute atomic E-state index is 13.2. The van der Waals surface area contributed by atoms with Crippen LogP contribution in [0.5, 0.6) is 5.75 Å². The van der Waals surface area contributed by atoms with Crippen LogP contribution in [-0.4, -0.2) is 66.5 Å². The van der Waals surface area contributed by atoms with E-state index < -0.39 is 26.0 Å². The van der Waals surface area contributed by atoms with Crippen molar-refractivity contribution in [1.29, 1.82) is 0 Å². The van der Waals surface area contributed by atoms with Crippen molar-refractivity contribution < 1.29 is 27.9 Å². The fourth-order valence-electron chi connectivity index (χ4n) is 5.36. The Kier molecular flexibility index (Phi) is 11.4. The summed E-state index contributed by atoms with van der Waals surface area (Å²) in [4.78, 5) is 37.8. The molecule has 5 aromatic rings. The Balaban J connectivity index is 1.35. The molecule has 0 radical (unpaired) electrons. The number of benzene rings is 2. The van der Waals surface area contributed by atoms with Gasteiger partial charge in [0.05, 0.1) is 23.0 Å². The maximum atomic E-state index is 13.2. The first kappa shape index (κ1) is 36.1. The van der Waals surface area contributed by atoms with Gasteiger partial charge in [-0.15, -0.1) is 10.2 Å². The minimum atomic E-state index is -2.90. The van der Waals surface area contributed by atoms with Gasteiger partial charge in [0.15, 0.2) is 5.76 Å². The van der Waals surface area contributed by atoms with E-state index in [4.69, 9.17) is 18.3 Å². The number of rotatable bonds is 13. The lowest BCUT2D eigenvalue weighted by Gasteiger charge is -2.43. The summed E-state index contributed by atoms with van der Waals surface area (Å²) in [6, 6.07) is 23.4. The molecule has 0 aliphatic carbocycles. The van der Waals surface area contributed by atoms with Crippen LogP contribution >= 0.6 is 33.9 Å². The van der Waals surface area contributed by atoms with E-state index in [9.17, 15) is 14.4 Å². The summed E-state index contributed by atoms with van der Waals surface area (Å²) in [6.07, 6.45) is 0.816. The van der Waals surface area contributed by atoms with Crippen molar-refractivity contribution >= 4 is 75.4 Å². The molecule has 3 heterocycles. The number of methoxy groups -OCH3 is 1. The molecule has 2 aromatic carbocycles. The van der Waals surface area contributed by atoms with Crippen LogP contribution in [0, 0.1) is 3.57 Å². The van der Waals surface area contributed by atoms with Crippen LogP contribution in [0.4, 0.5) is 10.9 Å². The Morgan fingerprint density at radius 3 is 2.22 bits per heavy atom. The number of nitrogens with zero attached hydrogens (tertiary/aromatic N) is 4. The van der Waals surface area contributed by atoms with Gasteiger partial charge in [-0.25, -0.2) is 4.79 Å². The minimum absolute atomic E-state index is 0.0624. The van der Waals surface area contributed by atoms with E-state index in [1.165, 1.54) is 23.9 Å². The molecule has 13 nitrogen and oxygen atoms in total. The van der Waals surface area contributed by atoms with Crippen LogP contribution in [0.2, 0.25) is 5.04 Å². The number of ether oxygens (including phenoxy) is 2. The fourth-order valence-corrected chi connectivity index (χ4v) is 11.3. The normalized spacial score (nSPS) is 12.4. The Morgan fingerprint density at radius 1 is 1.00 bits per heavy atom. The molecule has 2 N–H and O–H groups in total. The zero-order chi connectivity index (χ0) is 35.2. The van der Waals surface area contributed by atoms with Crippen molar-refractivity contribution in [2.75, 3.05) is 31.0 Å². The standard InChI is InChI=1S/C33H35IN6O7SSi/c1-21(41)36-27-16-17-35-40(27)32-39-38-31(48-32)37-29(42)26-18-25(34)28(30(43)47-26)46-22(19-44-5)20-45-49(33(2,3)4,23-12-8-6-9-13-23)24-14-10-7-11-15-24/h6-18,22H,19-20H2,1-5H3,(H,36,41)(H,37,38,42). The number of anilines is 2. The summed E-state index contributed by atoms with van der Waals surface area (Å²) in [5, 5.41) is 19.7. The Morgan fingerprint density at radius 2 is 1.65 bits per heavy atom. The summed E-state index contributed by atoms with van der Waals surface area (Å²) < 4.78 is 25.8. The fraction of sp³-hybridized carbons (Fsp3) is 0.273. The van der Waals surface area contributed by atoms with Crippen molar-refractivity contribution in [3.05, 3.63) is 98.7 Å². The largest absolute Gasteiger partial charge is 0.478 e. The van der Waals surface area contributed by atoms with Crippen LogP contribution < -0.4 is 31.4 Å². The molecule has 0 bridgehead atoms. The first-order valence-electron chi connectivity index (χ1n) is 15.1. The average molecular weight is 815 g/mol. The molecule has 16 heteroatoms. The first-order valence-corrected chi connectivity index (χ1v) is 18.9. The predicted octanol–water partition coefficient (Wildman–Crippen LogP) is 4.46. The van der Waals surface area contributed by atoms with Gasteiger partial charge in [-0.2, -0.15) is 9.78 Å². The van der Waals surface area contributed by atoms with Gasteiger partial charge in [-0.3, -0.25) is 14.9 Å². The summed E-state index contributed by atoms with van der Waals surface area (Å²) in [7, 11) is -1.35. The van der Waals surface area contributed by atoms with E-state index in [2.05, 4.69) is 71.0 Å². The van der Waals surface area contributed by atoms with E-state index in [1.807, 2.05) is 59.0 Å². The van der Waals surface area contributed by atoms with E-state index in [1.54, 1.807) is 13.2 Å². The predicted molar refractivity (Wildman–Crippen MR) is 197 cm³/mol. The molecule has 0 saturated carbocycles. The molecular weight excluding hydrogens is 779 g/mol. The number of nitrogens with one attached hydrogen (secondary N) is 2. The average Bonchev–Trinajstić information content (AvgIpc) is 3.72. The molecule has 0 aliphatic heterocycles. The smallest absolute Gasteiger partial charge is 0.380 e. The molecule has 3 aromatic heterocycles. The molecule has 1 atom stereocenters.